The number of ether oxygens (including phenoxy) is 1. The summed E-state index contributed by atoms with van der Waals surface area (Å²) in [4.78, 5) is 25.6. The molecular formula is C19H26N2O4. The van der Waals surface area contributed by atoms with Crippen molar-refractivity contribution >= 4 is 17.6 Å². The first-order valence-corrected chi connectivity index (χ1v) is 9.16. The Hall–Kier alpha value is -2.08. The Morgan fingerprint density at radius 1 is 1.28 bits per heavy atom. The molecule has 0 saturated carbocycles. The smallest absolute Gasteiger partial charge is 0.303 e. The van der Waals surface area contributed by atoms with Crippen molar-refractivity contribution in [2.45, 2.75) is 51.0 Å². The quantitative estimate of drug-likeness (QED) is 0.742. The molecular weight excluding hydrogens is 320 g/mol. The van der Waals surface area contributed by atoms with Gasteiger partial charge in [-0.3, -0.25) is 14.5 Å². The number of piperidine rings is 1. The number of carboxylic acids is 1. The minimum atomic E-state index is -0.756. The van der Waals surface area contributed by atoms with Crippen LogP contribution in [0.25, 0.3) is 0 Å². The average Bonchev–Trinajstić information content (AvgIpc) is 3.06. The van der Waals surface area contributed by atoms with Crippen molar-refractivity contribution < 1.29 is 19.4 Å². The Bertz CT molecular complexity index is 632. The summed E-state index contributed by atoms with van der Waals surface area (Å²) in [5, 5.41) is 11.8. The zero-order chi connectivity index (χ0) is 17.6. The third kappa shape index (κ3) is 4.72. The minimum Gasteiger partial charge on any atom is -0.493 e. The highest BCUT2D eigenvalue weighted by Gasteiger charge is 2.28. The molecule has 2 aliphatic heterocycles. The van der Waals surface area contributed by atoms with E-state index in [-0.39, 0.29) is 18.4 Å². The van der Waals surface area contributed by atoms with Gasteiger partial charge in [0, 0.05) is 18.5 Å². The number of rotatable bonds is 7. The number of aliphatic carboxylic acids is 1. The van der Waals surface area contributed by atoms with Gasteiger partial charge in [-0.1, -0.05) is 6.42 Å². The summed E-state index contributed by atoms with van der Waals surface area (Å²) in [5.74, 6) is 0.195. The number of hydrogen-bond donors (Lipinski definition) is 2. The lowest BCUT2D eigenvalue weighted by molar-refractivity contribution is -0.137. The van der Waals surface area contributed by atoms with Crippen molar-refractivity contribution in [3.63, 3.8) is 0 Å². The zero-order valence-corrected chi connectivity index (χ0v) is 14.5. The first-order chi connectivity index (χ1) is 12.1. The van der Waals surface area contributed by atoms with Gasteiger partial charge in [0.15, 0.2) is 0 Å². The van der Waals surface area contributed by atoms with Crippen LogP contribution in [0.1, 0.15) is 44.1 Å². The van der Waals surface area contributed by atoms with Gasteiger partial charge >= 0.3 is 5.97 Å². The molecule has 1 amide bonds. The molecule has 0 radical (unpaired) electrons. The number of anilines is 1. The van der Waals surface area contributed by atoms with Gasteiger partial charge in [0.25, 0.3) is 0 Å². The molecule has 0 aliphatic carbocycles. The predicted molar refractivity (Wildman–Crippen MR) is 95.0 cm³/mol. The van der Waals surface area contributed by atoms with Gasteiger partial charge in [0.1, 0.15) is 5.75 Å². The van der Waals surface area contributed by atoms with Crippen molar-refractivity contribution in [3.8, 4) is 5.75 Å². The molecule has 1 saturated heterocycles. The summed E-state index contributed by atoms with van der Waals surface area (Å²) in [6.45, 7) is 2.39. The van der Waals surface area contributed by atoms with Gasteiger partial charge in [0.05, 0.1) is 12.6 Å². The first-order valence-electron chi connectivity index (χ1n) is 9.16. The van der Waals surface area contributed by atoms with Crippen LogP contribution in [0, 0.1) is 0 Å². The number of carboxylic acid groups (broad SMARTS) is 1. The van der Waals surface area contributed by atoms with E-state index < -0.39 is 5.97 Å². The standard InChI is InChI=1S/C19H26N2O4/c22-18(23)6-2-4-11-21-10-3-1-5-16(21)19(24)20-15-7-8-17-14(13-15)9-12-25-17/h7-8,13,16H,1-6,9-12H2,(H,20,24)(H,22,23). The molecule has 1 unspecified atom stereocenters. The van der Waals surface area contributed by atoms with Crippen LogP contribution in [-0.2, 0) is 16.0 Å². The second-order valence-electron chi connectivity index (χ2n) is 6.81. The molecule has 25 heavy (non-hydrogen) atoms. The lowest BCUT2D eigenvalue weighted by Crippen LogP contribution is -2.47. The molecule has 2 aliphatic rings. The van der Waals surface area contributed by atoms with E-state index in [9.17, 15) is 9.59 Å². The van der Waals surface area contributed by atoms with Crippen LogP contribution in [-0.4, -0.2) is 47.6 Å². The van der Waals surface area contributed by atoms with E-state index in [0.717, 1.165) is 62.2 Å². The molecule has 6 nitrogen and oxygen atoms in total. The van der Waals surface area contributed by atoms with Crippen LogP contribution in [0.15, 0.2) is 18.2 Å². The van der Waals surface area contributed by atoms with Crippen LogP contribution < -0.4 is 10.1 Å². The molecule has 1 fully saturated rings. The topological polar surface area (TPSA) is 78.9 Å². The van der Waals surface area contributed by atoms with Crippen molar-refractivity contribution in [2.75, 3.05) is 25.0 Å². The summed E-state index contributed by atoms with van der Waals surface area (Å²) in [5.41, 5.74) is 1.97. The van der Waals surface area contributed by atoms with E-state index in [2.05, 4.69) is 10.2 Å². The summed E-state index contributed by atoms with van der Waals surface area (Å²) >= 11 is 0. The Balaban J connectivity index is 1.55. The third-order valence-corrected chi connectivity index (χ3v) is 4.96. The fourth-order valence-corrected chi connectivity index (χ4v) is 3.64. The number of nitrogens with one attached hydrogen (secondary N) is 1. The van der Waals surface area contributed by atoms with Crippen LogP contribution in [0.2, 0.25) is 0 Å². The van der Waals surface area contributed by atoms with Crippen molar-refractivity contribution in [3.05, 3.63) is 23.8 Å². The Morgan fingerprint density at radius 2 is 2.16 bits per heavy atom. The van der Waals surface area contributed by atoms with Crippen molar-refractivity contribution in [1.29, 1.82) is 0 Å². The van der Waals surface area contributed by atoms with E-state index in [1.807, 2.05) is 18.2 Å². The molecule has 0 spiro atoms. The van der Waals surface area contributed by atoms with Crippen LogP contribution in [0.5, 0.6) is 5.75 Å². The molecule has 1 aromatic carbocycles. The van der Waals surface area contributed by atoms with Gasteiger partial charge < -0.3 is 15.2 Å². The lowest BCUT2D eigenvalue weighted by atomic mass is 10.0. The fourth-order valence-electron chi connectivity index (χ4n) is 3.64. The lowest BCUT2D eigenvalue weighted by Gasteiger charge is -2.34. The Kier molecular flexibility index (Phi) is 5.91. The highest BCUT2D eigenvalue weighted by atomic mass is 16.5. The van der Waals surface area contributed by atoms with Crippen LogP contribution >= 0.6 is 0 Å². The monoisotopic (exact) mass is 346 g/mol. The maximum atomic E-state index is 12.7. The van der Waals surface area contributed by atoms with Crippen LogP contribution in [0.3, 0.4) is 0 Å². The summed E-state index contributed by atoms with van der Waals surface area (Å²) in [7, 11) is 0. The van der Waals surface area contributed by atoms with Gasteiger partial charge in [-0.2, -0.15) is 0 Å². The van der Waals surface area contributed by atoms with E-state index >= 15 is 0 Å². The minimum absolute atomic E-state index is 0.0387. The number of likely N-dealkylation sites (tertiary alicyclic amines) is 1. The molecule has 1 atom stereocenters. The molecule has 3 rings (SSSR count). The number of unbranched alkanes of at least 4 members (excludes halogenated alkanes) is 1. The number of fused-ring (bicyclic) bond motifs is 1. The van der Waals surface area contributed by atoms with Crippen molar-refractivity contribution in [2.24, 2.45) is 0 Å². The van der Waals surface area contributed by atoms with Crippen molar-refractivity contribution in [1.82, 2.24) is 4.90 Å². The number of amides is 1. The molecule has 0 bridgehead atoms. The molecule has 6 heteroatoms. The third-order valence-electron chi connectivity index (χ3n) is 4.96. The fraction of sp³-hybridized carbons (Fsp3) is 0.579. The summed E-state index contributed by atoms with van der Waals surface area (Å²) in [6.07, 6.45) is 5.57. The van der Waals surface area contributed by atoms with E-state index in [4.69, 9.17) is 9.84 Å². The number of carbonyl (C=O) groups excluding carboxylic acids is 1. The number of hydrogen-bond acceptors (Lipinski definition) is 4. The molecule has 0 aromatic heterocycles. The largest absolute Gasteiger partial charge is 0.493 e. The second-order valence-corrected chi connectivity index (χ2v) is 6.81. The highest BCUT2D eigenvalue weighted by Crippen LogP contribution is 2.28. The van der Waals surface area contributed by atoms with E-state index in [1.54, 1.807) is 0 Å². The van der Waals surface area contributed by atoms with Gasteiger partial charge in [-0.25, -0.2) is 0 Å². The molecule has 1 aromatic rings. The highest BCUT2D eigenvalue weighted by molar-refractivity contribution is 5.95. The molecule has 136 valence electrons. The average molecular weight is 346 g/mol. The summed E-state index contributed by atoms with van der Waals surface area (Å²) in [6, 6.07) is 5.69. The molecule has 2 N–H and O–H groups in total. The zero-order valence-electron chi connectivity index (χ0n) is 14.5. The van der Waals surface area contributed by atoms with Gasteiger partial charge in [-0.15, -0.1) is 0 Å². The number of nitrogens with zero attached hydrogens (tertiary/aromatic N) is 1. The van der Waals surface area contributed by atoms with Gasteiger partial charge in [0.2, 0.25) is 5.91 Å². The molecule has 2 heterocycles. The Labute approximate surface area is 148 Å². The van der Waals surface area contributed by atoms with E-state index in [1.165, 1.54) is 0 Å². The maximum Gasteiger partial charge on any atom is 0.303 e. The number of carbonyl (C=O) groups is 2. The normalized spacial score (nSPS) is 19.9. The Morgan fingerprint density at radius 3 is 3.00 bits per heavy atom. The SMILES string of the molecule is O=C(O)CCCCN1CCCCC1C(=O)Nc1ccc2c(c1)CCO2. The predicted octanol–water partition coefficient (Wildman–Crippen LogP) is 2.67. The summed E-state index contributed by atoms with van der Waals surface area (Å²) < 4.78 is 5.50. The van der Waals surface area contributed by atoms with Crippen LogP contribution in [0.4, 0.5) is 5.69 Å². The maximum absolute atomic E-state index is 12.7. The second kappa shape index (κ2) is 8.34. The number of benzene rings is 1. The van der Waals surface area contributed by atoms with Gasteiger partial charge in [-0.05, 0) is 62.5 Å². The van der Waals surface area contributed by atoms with E-state index in [0.29, 0.717) is 13.0 Å². The first kappa shape index (κ1) is 17.7.